The van der Waals surface area contributed by atoms with Gasteiger partial charge in [-0.25, -0.2) is 14.6 Å². The van der Waals surface area contributed by atoms with Crippen LogP contribution in [0.3, 0.4) is 0 Å². The molecule has 0 spiro atoms. The van der Waals surface area contributed by atoms with Gasteiger partial charge in [0, 0.05) is 6.20 Å². The molecule has 0 amide bonds. The van der Waals surface area contributed by atoms with Crippen LogP contribution in [0, 0.1) is 0 Å². The van der Waals surface area contributed by atoms with E-state index in [0.29, 0.717) is 0 Å². The van der Waals surface area contributed by atoms with Crippen LogP contribution < -0.4 is 0 Å². The standard InChI is InChI=1S/C12H10N4/c1-2-4-10(5-3-1)8-16-12-11(7-15-16)6-13-9-14-12/h1-7,9H,8H2. The third-order valence-corrected chi connectivity index (χ3v) is 2.47. The van der Waals surface area contributed by atoms with Crippen LogP contribution in [0.15, 0.2) is 49.1 Å². The molecule has 0 saturated heterocycles. The molecule has 0 saturated carbocycles. The predicted octanol–water partition coefficient (Wildman–Crippen LogP) is 1.87. The highest BCUT2D eigenvalue weighted by Gasteiger charge is 2.03. The Hall–Kier alpha value is -2.23. The van der Waals surface area contributed by atoms with Crippen LogP contribution >= 0.6 is 0 Å². The number of aromatic nitrogens is 4. The molecule has 2 aromatic heterocycles. The van der Waals surface area contributed by atoms with E-state index in [0.717, 1.165) is 17.6 Å². The zero-order valence-electron chi connectivity index (χ0n) is 8.61. The summed E-state index contributed by atoms with van der Waals surface area (Å²) in [5.41, 5.74) is 2.09. The highest BCUT2D eigenvalue weighted by atomic mass is 15.3. The van der Waals surface area contributed by atoms with E-state index in [2.05, 4.69) is 27.2 Å². The highest BCUT2D eigenvalue weighted by molar-refractivity contribution is 5.72. The van der Waals surface area contributed by atoms with Gasteiger partial charge in [-0.2, -0.15) is 5.10 Å². The van der Waals surface area contributed by atoms with E-state index in [4.69, 9.17) is 0 Å². The molecule has 4 nitrogen and oxygen atoms in total. The largest absolute Gasteiger partial charge is 0.244 e. The van der Waals surface area contributed by atoms with Crippen LogP contribution in [0.1, 0.15) is 5.56 Å². The van der Waals surface area contributed by atoms with Crippen molar-refractivity contribution in [2.75, 3.05) is 0 Å². The fraction of sp³-hybridized carbons (Fsp3) is 0.0833. The van der Waals surface area contributed by atoms with Crippen LogP contribution in [0.4, 0.5) is 0 Å². The molecule has 0 aliphatic heterocycles. The summed E-state index contributed by atoms with van der Waals surface area (Å²) in [6.07, 6.45) is 5.11. The van der Waals surface area contributed by atoms with E-state index in [1.165, 1.54) is 5.56 Å². The lowest BCUT2D eigenvalue weighted by molar-refractivity contribution is 0.703. The van der Waals surface area contributed by atoms with Crippen LogP contribution in [-0.2, 0) is 6.54 Å². The number of hydrogen-bond acceptors (Lipinski definition) is 3. The van der Waals surface area contributed by atoms with E-state index in [1.807, 2.05) is 22.9 Å². The Morgan fingerprint density at radius 2 is 1.94 bits per heavy atom. The molecule has 0 unspecified atom stereocenters. The van der Waals surface area contributed by atoms with Crippen LogP contribution in [0.5, 0.6) is 0 Å². The van der Waals surface area contributed by atoms with Crippen molar-refractivity contribution >= 4 is 11.0 Å². The smallest absolute Gasteiger partial charge is 0.161 e. The Kier molecular flexibility index (Phi) is 2.11. The number of benzene rings is 1. The zero-order valence-corrected chi connectivity index (χ0v) is 8.61. The summed E-state index contributed by atoms with van der Waals surface area (Å²) in [5, 5.41) is 5.28. The Balaban J connectivity index is 2.01. The Morgan fingerprint density at radius 1 is 1.06 bits per heavy atom. The van der Waals surface area contributed by atoms with Crippen LogP contribution in [0.2, 0.25) is 0 Å². The maximum atomic E-state index is 4.30. The first-order valence-corrected chi connectivity index (χ1v) is 5.09. The predicted molar refractivity (Wildman–Crippen MR) is 60.9 cm³/mol. The monoisotopic (exact) mass is 210 g/mol. The van der Waals surface area contributed by atoms with Crippen molar-refractivity contribution in [1.29, 1.82) is 0 Å². The minimum Gasteiger partial charge on any atom is -0.244 e. The Labute approximate surface area is 92.6 Å². The third-order valence-electron chi connectivity index (χ3n) is 2.47. The molecule has 1 aromatic carbocycles. The summed E-state index contributed by atoms with van der Waals surface area (Å²) in [7, 11) is 0. The van der Waals surface area contributed by atoms with Gasteiger partial charge >= 0.3 is 0 Å². The first kappa shape index (κ1) is 9.03. The molecule has 0 bridgehead atoms. The van der Waals surface area contributed by atoms with Crippen LogP contribution in [-0.4, -0.2) is 19.7 Å². The summed E-state index contributed by atoms with van der Waals surface area (Å²) in [6.45, 7) is 0.737. The van der Waals surface area contributed by atoms with Crippen molar-refractivity contribution in [3.63, 3.8) is 0 Å². The summed E-state index contributed by atoms with van der Waals surface area (Å²) >= 11 is 0. The third kappa shape index (κ3) is 1.54. The highest BCUT2D eigenvalue weighted by Crippen LogP contribution is 2.10. The lowest BCUT2D eigenvalue weighted by Gasteiger charge is -2.02. The zero-order chi connectivity index (χ0) is 10.8. The SMILES string of the molecule is c1ccc(Cn2ncc3cncnc32)cc1. The average molecular weight is 210 g/mol. The lowest BCUT2D eigenvalue weighted by atomic mass is 10.2. The van der Waals surface area contributed by atoms with Gasteiger partial charge in [-0.15, -0.1) is 0 Å². The van der Waals surface area contributed by atoms with Crippen molar-refractivity contribution in [3.8, 4) is 0 Å². The summed E-state index contributed by atoms with van der Waals surface area (Å²) in [6, 6.07) is 10.2. The number of rotatable bonds is 2. The van der Waals surface area contributed by atoms with E-state index >= 15 is 0 Å². The molecular weight excluding hydrogens is 200 g/mol. The van der Waals surface area contributed by atoms with Crippen molar-refractivity contribution in [2.24, 2.45) is 0 Å². The fourth-order valence-corrected chi connectivity index (χ4v) is 1.70. The van der Waals surface area contributed by atoms with E-state index < -0.39 is 0 Å². The maximum Gasteiger partial charge on any atom is 0.161 e. The second-order valence-corrected chi connectivity index (χ2v) is 3.59. The van der Waals surface area contributed by atoms with Crippen molar-refractivity contribution in [2.45, 2.75) is 6.54 Å². The number of nitrogens with zero attached hydrogens (tertiary/aromatic N) is 4. The molecule has 3 rings (SSSR count). The molecule has 78 valence electrons. The molecule has 3 aromatic rings. The number of hydrogen-bond donors (Lipinski definition) is 0. The van der Waals surface area contributed by atoms with Gasteiger partial charge in [-0.3, -0.25) is 0 Å². The quantitative estimate of drug-likeness (QED) is 0.648. The molecule has 0 atom stereocenters. The lowest BCUT2D eigenvalue weighted by Crippen LogP contribution is -2.02. The van der Waals surface area contributed by atoms with Gasteiger partial charge in [0.2, 0.25) is 0 Å². The molecule has 0 aliphatic carbocycles. The van der Waals surface area contributed by atoms with Gasteiger partial charge < -0.3 is 0 Å². The Morgan fingerprint density at radius 3 is 2.81 bits per heavy atom. The molecular formula is C12H10N4. The maximum absolute atomic E-state index is 4.30. The van der Waals surface area contributed by atoms with Gasteiger partial charge in [-0.05, 0) is 5.56 Å². The minimum absolute atomic E-state index is 0.737. The van der Waals surface area contributed by atoms with Gasteiger partial charge in [0.15, 0.2) is 5.65 Å². The van der Waals surface area contributed by atoms with Crippen LogP contribution in [0.25, 0.3) is 11.0 Å². The van der Waals surface area contributed by atoms with E-state index in [9.17, 15) is 0 Å². The van der Waals surface area contributed by atoms with E-state index in [-0.39, 0.29) is 0 Å². The van der Waals surface area contributed by atoms with E-state index in [1.54, 1.807) is 18.7 Å². The van der Waals surface area contributed by atoms with Gasteiger partial charge in [-0.1, -0.05) is 30.3 Å². The molecule has 0 fully saturated rings. The molecule has 4 heteroatoms. The van der Waals surface area contributed by atoms with Gasteiger partial charge in [0.05, 0.1) is 18.1 Å². The first-order chi connectivity index (χ1) is 7.93. The van der Waals surface area contributed by atoms with Crippen molar-refractivity contribution in [3.05, 3.63) is 54.6 Å². The summed E-state index contributed by atoms with van der Waals surface area (Å²) < 4.78 is 1.88. The minimum atomic E-state index is 0.737. The normalized spacial score (nSPS) is 10.8. The average Bonchev–Trinajstić information content (AvgIpc) is 2.74. The first-order valence-electron chi connectivity index (χ1n) is 5.09. The molecule has 2 heterocycles. The summed E-state index contributed by atoms with van der Waals surface area (Å²) in [4.78, 5) is 8.20. The van der Waals surface area contributed by atoms with Crippen molar-refractivity contribution in [1.82, 2.24) is 19.7 Å². The van der Waals surface area contributed by atoms with Crippen molar-refractivity contribution < 1.29 is 0 Å². The molecule has 0 N–H and O–H groups in total. The molecule has 16 heavy (non-hydrogen) atoms. The second kappa shape index (κ2) is 3.73. The van der Waals surface area contributed by atoms with Gasteiger partial charge in [0.25, 0.3) is 0 Å². The molecule has 0 aliphatic rings. The fourth-order valence-electron chi connectivity index (χ4n) is 1.70. The van der Waals surface area contributed by atoms with Gasteiger partial charge in [0.1, 0.15) is 6.33 Å². The topological polar surface area (TPSA) is 43.6 Å². The second-order valence-electron chi connectivity index (χ2n) is 3.59. The Bertz CT molecular complexity index is 600. The summed E-state index contributed by atoms with van der Waals surface area (Å²) in [5.74, 6) is 0. The molecule has 0 radical (unpaired) electrons. The number of fused-ring (bicyclic) bond motifs is 1.